The molecule has 4 rings (SSSR count). The standard InChI is InChI=1S/C20H20ClN3OS/c1-26-19(22-15-8-6-14(21)7-9-15)24-12-10-20(11-13-24)17-5-3-2-4-16(17)18(25)23-20/h2-9H,10-13H2,1H3,(H,23,25)/b22-19+. The number of rotatable bonds is 1. The Morgan fingerprint density at radius 2 is 1.85 bits per heavy atom. The van der Waals surface area contributed by atoms with Gasteiger partial charge in [0, 0.05) is 23.7 Å². The van der Waals surface area contributed by atoms with Crippen LogP contribution in [0.4, 0.5) is 5.69 Å². The summed E-state index contributed by atoms with van der Waals surface area (Å²) >= 11 is 7.60. The number of fused-ring (bicyclic) bond motifs is 2. The SMILES string of the molecule is CS/C(=N/c1ccc(Cl)cc1)N1CCC2(CC1)NC(=O)c1ccccc12. The van der Waals surface area contributed by atoms with Gasteiger partial charge in [-0.15, -0.1) is 0 Å². The van der Waals surface area contributed by atoms with E-state index < -0.39 is 0 Å². The molecule has 134 valence electrons. The second kappa shape index (κ2) is 6.97. The van der Waals surface area contributed by atoms with Crippen molar-refractivity contribution in [2.24, 2.45) is 4.99 Å². The van der Waals surface area contributed by atoms with Crippen LogP contribution in [0.2, 0.25) is 5.02 Å². The highest BCUT2D eigenvalue weighted by Gasteiger charge is 2.44. The van der Waals surface area contributed by atoms with Crippen LogP contribution < -0.4 is 5.32 Å². The number of nitrogens with one attached hydrogen (secondary N) is 1. The van der Waals surface area contributed by atoms with Crippen molar-refractivity contribution in [3.05, 3.63) is 64.7 Å². The van der Waals surface area contributed by atoms with Crippen molar-refractivity contribution in [2.45, 2.75) is 18.4 Å². The Bertz CT molecular complexity index is 858. The minimum Gasteiger partial charge on any atom is -0.351 e. The van der Waals surface area contributed by atoms with Crippen LogP contribution >= 0.6 is 23.4 Å². The summed E-state index contributed by atoms with van der Waals surface area (Å²) in [4.78, 5) is 19.4. The normalized spacial score (nSPS) is 18.8. The van der Waals surface area contributed by atoms with Crippen molar-refractivity contribution >= 4 is 40.1 Å². The first-order chi connectivity index (χ1) is 12.6. The Labute approximate surface area is 162 Å². The number of carbonyl (C=O) groups is 1. The molecule has 1 saturated heterocycles. The summed E-state index contributed by atoms with van der Waals surface area (Å²) in [5, 5.41) is 4.95. The highest BCUT2D eigenvalue weighted by molar-refractivity contribution is 8.13. The van der Waals surface area contributed by atoms with Gasteiger partial charge < -0.3 is 10.2 Å². The number of thioether (sulfide) groups is 1. The number of halogens is 1. The highest BCUT2D eigenvalue weighted by Crippen LogP contribution is 2.39. The van der Waals surface area contributed by atoms with Crippen molar-refractivity contribution in [1.29, 1.82) is 0 Å². The van der Waals surface area contributed by atoms with Gasteiger partial charge in [-0.25, -0.2) is 4.99 Å². The number of likely N-dealkylation sites (tertiary alicyclic amines) is 1. The number of carbonyl (C=O) groups excluding carboxylic acids is 1. The average Bonchev–Trinajstić information content (AvgIpc) is 2.94. The highest BCUT2D eigenvalue weighted by atomic mass is 35.5. The molecule has 4 nitrogen and oxygen atoms in total. The molecule has 2 aromatic carbocycles. The van der Waals surface area contributed by atoms with Gasteiger partial charge in [-0.3, -0.25) is 4.79 Å². The lowest BCUT2D eigenvalue weighted by molar-refractivity contribution is 0.0897. The van der Waals surface area contributed by atoms with Gasteiger partial charge >= 0.3 is 0 Å². The van der Waals surface area contributed by atoms with Crippen molar-refractivity contribution < 1.29 is 4.79 Å². The van der Waals surface area contributed by atoms with Gasteiger partial charge in [0.15, 0.2) is 5.17 Å². The number of amidine groups is 1. The molecule has 2 aromatic rings. The van der Waals surface area contributed by atoms with Crippen molar-refractivity contribution in [2.75, 3.05) is 19.3 Å². The van der Waals surface area contributed by atoms with Gasteiger partial charge in [-0.05, 0) is 55.0 Å². The molecule has 2 heterocycles. The number of hydrogen-bond acceptors (Lipinski definition) is 3. The van der Waals surface area contributed by atoms with E-state index in [4.69, 9.17) is 16.6 Å². The zero-order valence-electron chi connectivity index (χ0n) is 14.5. The van der Waals surface area contributed by atoms with Gasteiger partial charge in [0.1, 0.15) is 0 Å². The van der Waals surface area contributed by atoms with E-state index >= 15 is 0 Å². The second-order valence-electron chi connectivity index (χ2n) is 6.64. The van der Waals surface area contributed by atoms with E-state index in [1.807, 2.05) is 48.7 Å². The van der Waals surface area contributed by atoms with E-state index in [9.17, 15) is 4.79 Å². The van der Waals surface area contributed by atoms with E-state index in [1.165, 1.54) is 0 Å². The van der Waals surface area contributed by atoms with Gasteiger partial charge in [0.05, 0.1) is 11.2 Å². The molecule has 0 atom stereocenters. The zero-order chi connectivity index (χ0) is 18.1. The van der Waals surface area contributed by atoms with Crippen molar-refractivity contribution in [1.82, 2.24) is 10.2 Å². The fourth-order valence-electron chi connectivity index (χ4n) is 3.80. The Balaban J connectivity index is 1.53. The summed E-state index contributed by atoms with van der Waals surface area (Å²) in [5.74, 6) is 0.0500. The first-order valence-electron chi connectivity index (χ1n) is 8.66. The fraction of sp³-hybridized carbons (Fsp3) is 0.300. The summed E-state index contributed by atoms with van der Waals surface area (Å²) in [7, 11) is 0. The van der Waals surface area contributed by atoms with E-state index in [-0.39, 0.29) is 11.4 Å². The van der Waals surface area contributed by atoms with Crippen LogP contribution in [0.3, 0.4) is 0 Å². The fourth-order valence-corrected chi connectivity index (χ4v) is 4.56. The first kappa shape index (κ1) is 17.4. The lowest BCUT2D eigenvalue weighted by Gasteiger charge is -2.40. The third kappa shape index (κ3) is 3.10. The van der Waals surface area contributed by atoms with Crippen LogP contribution in [-0.2, 0) is 5.54 Å². The predicted octanol–water partition coefficient (Wildman–Crippen LogP) is 4.43. The number of aliphatic imine (C=N–C) groups is 1. The maximum atomic E-state index is 12.3. The molecule has 0 bridgehead atoms. The molecule has 2 aliphatic rings. The molecule has 2 aliphatic heterocycles. The van der Waals surface area contributed by atoms with E-state index in [1.54, 1.807) is 11.8 Å². The summed E-state index contributed by atoms with van der Waals surface area (Å²) in [6.45, 7) is 1.73. The minimum atomic E-state index is -0.228. The number of hydrogen-bond donors (Lipinski definition) is 1. The monoisotopic (exact) mass is 385 g/mol. The molecular weight excluding hydrogens is 366 g/mol. The minimum absolute atomic E-state index is 0.0500. The number of benzene rings is 2. The smallest absolute Gasteiger partial charge is 0.252 e. The molecular formula is C20H20ClN3OS. The van der Waals surface area contributed by atoms with Crippen LogP contribution in [0.1, 0.15) is 28.8 Å². The largest absolute Gasteiger partial charge is 0.351 e. The summed E-state index contributed by atoms with van der Waals surface area (Å²) in [5.41, 5.74) is 2.64. The second-order valence-corrected chi connectivity index (χ2v) is 7.85. The summed E-state index contributed by atoms with van der Waals surface area (Å²) in [6, 6.07) is 15.5. The Kier molecular flexibility index (Phi) is 4.67. The third-order valence-corrected chi connectivity index (χ3v) is 6.13. The number of amides is 1. The Morgan fingerprint density at radius 3 is 2.54 bits per heavy atom. The molecule has 1 N–H and O–H groups in total. The van der Waals surface area contributed by atoms with Crippen LogP contribution in [0.25, 0.3) is 0 Å². The predicted molar refractivity (Wildman–Crippen MR) is 108 cm³/mol. The molecule has 1 amide bonds. The van der Waals surface area contributed by atoms with Gasteiger partial charge in [-0.2, -0.15) is 0 Å². The van der Waals surface area contributed by atoms with E-state index in [2.05, 4.69) is 16.3 Å². The molecule has 0 radical (unpaired) electrons. The van der Waals surface area contributed by atoms with Crippen molar-refractivity contribution in [3.8, 4) is 0 Å². The third-order valence-electron chi connectivity index (χ3n) is 5.16. The van der Waals surface area contributed by atoms with Crippen LogP contribution in [-0.4, -0.2) is 35.3 Å². The zero-order valence-corrected chi connectivity index (χ0v) is 16.1. The Morgan fingerprint density at radius 1 is 1.15 bits per heavy atom. The van der Waals surface area contributed by atoms with Gasteiger partial charge in [-0.1, -0.05) is 41.6 Å². The summed E-state index contributed by atoms with van der Waals surface area (Å²) in [6.07, 6.45) is 3.82. The van der Waals surface area contributed by atoms with Crippen LogP contribution in [0.5, 0.6) is 0 Å². The molecule has 0 saturated carbocycles. The summed E-state index contributed by atoms with van der Waals surface area (Å²) < 4.78 is 0. The average molecular weight is 386 g/mol. The Hall–Kier alpha value is -1.98. The molecule has 6 heteroatoms. The van der Waals surface area contributed by atoms with Crippen LogP contribution in [0, 0.1) is 0 Å². The van der Waals surface area contributed by atoms with Crippen molar-refractivity contribution in [3.63, 3.8) is 0 Å². The maximum absolute atomic E-state index is 12.3. The molecule has 0 aliphatic carbocycles. The first-order valence-corrected chi connectivity index (χ1v) is 10.3. The lowest BCUT2D eigenvalue weighted by atomic mass is 9.82. The number of piperidine rings is 1. The van der Waals surface area contributed by atoms with Gasteiger partial charge in [0.25, 0.3) is 5.91 Å². The lowest BCUT2D eigenvalue weighted by Crippen LogP contribution is -2.50. The number of nitrogens with zero attached hydrogens (tertiary/aromatic N) is 2. The molecule has 0 unspecified atom stereocenters. The van der Waals surface area contributed by atoms with Gasteiger partial charge in [0.2, 0.25) is 0 Å². The van der Waals surface area contributed by atoms with Crippen LogP contribution in [0.15, 0.2) is 53.5 Å². The topological polar surface area (TPSA) is 44.7 Å². The van der Waals surface area contributed by atoms with E-state index in [0.29, 0.717) is 5.02 Å². The molecule has 26 heavy (non-hydrogen) atoms. The maximum Gasteiger partial charge on any atom is 0.252 e. The molecule has 1 spiro atoms. The molecule has 0 aromatic heterocycles. The van der Waals surface area contributed by atoms with E-state index in [0.717, 1.165) is 47.9 Å². The molecule has 1 fully saturated rings. The quantitative estimate of drug-likeness (QED) is 0.583.